The van der Waals surface area contributed by atoms with Crippen LogP contribution in [-0.2, 0) is 11.3 Å². The minimum atomic E-state index is 0.0639. The topological polar surface area (TPSA) is 32.8 Å². The number of alkyl halides is 1. The van der Waals surface area contributed by atoms with Gasteiger partial charge in [-0.15, -0.1) is 11.6 Å². The second-order valence-corrected chi connectivity index (χ2v) is 5.72. The number of carbonyl (C=O) groups is 1. The number of hydrogen-bond acceptors (Lipinski definition) is 3. The summed E-state index contributed by atoms with van der Waals surface area (Å²) in [5, 5.41) is 0. The first kappa shape index (κ1) is 17.8. The third-order valence-electron chi connectivity index (χ3n) is 3.10. The second-order valence-electron chi connectivity index (χ2n) is 5.34. The zero-order chi connectivity index (χ0) is 15.7. The Hall–Kier alpha value is -1.26. The maximum Gasteiger partial charge on any atom is 0.223 e. The van der Waals surface area contributed by atoms with Crippen molar-refractivity contribution in [3.05, 3.63) is 29.8 Å². The normalized spacial score (nSPS) is 10.7. The number of ether oxygens (including phenoxy) is 1. The number of rotatable bonds is 9. The average molecular weight is 313 g/mol. The Morgan fingerprint density at radius 2 is 1.86 bits per heavy atom. The Bertz CT molecular complexity index is 421. The molecule has 0 aromatic heterocycles. The van der Waals surface area contributed by atoms with Crippen LogP contribution in [0.15, 0.2) is 24.3 Å². The molecule has 1 amide bonds. The van der Waals surface area contributed by atoms with E-state index in [1.807, 2.05) is 24.3 Å². The molecule has 118 valence electrons. The molecule has 0 aliphatic carbocycles. The van der Waals surface area contributed by atoms with Crippen molar-refractivity contribution < 1.29 is 9.53 Å². The van der Waals surface area contributed by atoms with Crippen LogP contribution in [0.2, 0.25) is 0 Å². The molecule has 0 fully saturated rings. The van der Waals surface area contributed by atoms with E-state index in [-0.39, 0.29) is 5.91 Å². The third kappa shape index (κ3) is 7.34. The van der Waals surface area contributed by atoms with Crippen molar-refractivity contribution in [2.45, 2.75) is 19.4 Å². The van der Waals surface area contributed by atoms with E-state index >= 15 is 0 Å². The van der Waals surface area contributed by atoms with Gasteiger partial charge in [-0.1, -0.05) is 12.1 Å². The van der Waals surface area contributed by atoms with E-state index in [1.165, 1.54) is 0 Å². The van der Waals surface area contributed by atoms with Crippen LogP contribution in [0, 0.1) is 0 Å². The Kier molecular flexibility index (Phi) is 8.16. The molecule has 0 N–H and O–H groups in total. The van der Waals surface area contributed by atoms with Gasteiger partial charge in [-0.3, -0.25) is 4.79 Å². The zero-order valence-electron chi connectivity index (χ0n) is 13.1. The fourth-order valence-corrected chi connectivity index (χ4v) is 2.06. The molecular formula is C16H25ClN2O2. The van der Waals surface area contributed by atoms with E-state index in [2.05, 4.69) is 19.0 Å². The number of nitrogens with zero attached hydrogens (tertiary/aromatic N) is 2. The first-order valence-electron chi connectivity index (χ1n) is 7.19. The van der Waals surface area contributed by atoms with Crippen LogP contribution in [0.5, 0.6) is 5.75 Å². The Labute approximate surface area is 132 Å². The summed E-state index contributed by atoms with van der Waals surface area (Å²) >= 11 is 5.58. The SMILES string of the molecule is CN(C)CCCOc1ccc(CN(C)C(=O)CCCl)cc1. The minimum Gasteiger partial charge on any atom is -0.494 e. The number of carbonyl (C=O) groups excluding carboxylic acids is 1. The van der Waals surface area contributed by atoms with Gasteiger partial charge in [0.25, 0.3) is 0 Å². The van der Waals surface area contributed by atoms with Crippen LogP contribution < -0.4 is 4.74 Å². The Morgan fingerprint density at radius 1 is 1.19 bits per heavy atom. The fourth-order valence-electron chi connectivity index (χ4n) is 1.90. The maximum absolute atomic E-state index is 11.7. The molecular weight excluding hydrogens is 288 g/mol. The molecule has 1 aromatic carbocycles. The highest BCUT2D eigenvalue weighted by molar-refractivity contribution is 6.18. The molecule has 0 unspecified atom stereocenters. The van der Waals surface area contributed by atoms with Gasteiger partial charge in [-0.25, -0.2) is 0 Å². The smallest absolute Gasteiger partial charge is 0.223 e. The molecule has 4 nitrogen and oxygen atoms in total. The fraction of sp³-hybridized carbons (Fsp3) is 0.562. The van der Waals surface area contributed by atoms with Crippen LogP contribution in [0.4, 0.5) is 0 Å². The van der Waals surface area contributed by atoms with E-state index in [1.54, 1.807) is 11.9 Å². The third-order valence-corrected chi connectivity index (χ3v) is 3.28. The molecule has 0 bridgehead atoms. The molecule has 0 saturated carbocycles. The molecule has 1 aromatic rings. The molecule has 0 radical (unpaired) electrons. The standard InChI is InChI=1S/C16H25ClN2O2/c1-18(2)11-4-12-21-15-7-5-14(6-8-15)13-19(3)16(20)9-10-17/h5-8H,4,9-13H2,1-3H3. The average Bonchev–Trinajstić information content (AvgIpc) is 2.45. The minimum absolute atomic E-state index is 0.0639. The lowest BCUT2D eigenvalue weighted by Crippen LogP contribution is -2.26. The molecule has 0 spiro atoms. The molecule has 0 aliphatic rings. The van der Waals surface area contributed by atoms with E-state index in [0.717, 1.165) is 24.3 Å². The van der Waals surface area contributed by atoms with Gasteiger partial charge in [0.05, 0.1) is 6.61 Å². The maximum atomic E-state index is 11.7. The molecule has 1 rings (SSSR count). The summed E-state index contributed by atoms with van der Waals surface area (Å²) in [6, 6.07) is 7.88. The lowest BCUT2D eigenvalue weighted by atomic mass is 10.2. The molecule has 0 aliphatic heterocycles. The summed E-state index contributed by atoms with van der Waals surface area (Å²) in [6.45, 7) is 2.33. The highest BCUT2D eigenvalue weighted by Gasteiger charge is 2.08. The highest BCUT2D eigenvalue weighted by atomic mass is 35.5. The van der Waals surface area contributed by atoms with Gasteiger partial charge in [0.2, 0.25) is 5.91 Å². The van der Waals surface area contributed by atoms with Crippen molar-refractivity contribution in [1.82, 2.24) is 9.80 Å². The van der Waals surface area contributed by atoms with Gasteiger partial charge in [-0.2, -0.15) is 0 Å². The summed E-state index contributed by atoms with van der Waals surface area (Å²) in [7, 11) is 5.90. The van der Waals surface area contributed by atoms with E-state index in [9.17, 15) is 4.79 Å². The van der Waals surface area contributed by atoms with Crippen LogP contribution in [0.1, 0.15) is 18.4 Å². The van der Waals surface area contributed by atoms with Crippen molar-refractivity contribution in [2.24, 2.45) is 0 Å². The summed E-state index contributed by atoms with van der Waals surface area (Å²) < 4.78 is 5.68. The number of benzene rings is 1. The molecule has 21 heavy (non-hydrogen) atoms. The predicted molar refractivity (Wildman–Crippen MR) is 86.9 cm³/mol. The molecule has 0 saturated heterocycles. The first-order chi connectivity index (χ1) is 10.0. The summed E-state index contributed by atoms with van der Waals surface area (Å²) in [4.78, 5) is 15.5. The van der Waals surface area contributed by atoms with Crippen LogP contribution in [0.3, 0.4) is 0 Å². The number of amides is 1. The Morgan fingerprint density at radius 3 is 2.43 bits per heavy atom. The Balaban J connectivity index is 2.38. The number of hydrogen-bond donors (Lipinski definition) is 0. The van der Waals surface area contributed by atoms with Crippen LogP contribution in [0.25, 0.3) is 0 Å². The van der Waals surface area contributed by atoms with Crippen LogP contribution in [-0.4, -0.2) is 55.9 Å². The van der Waals surface area contributed by atoms with Gasteiger partial charge in [-0.05, 0) is 38.2 Å². The van der Waals surface area contributed by atoms with Crippen molar-refractivity contribution in [3.63, 3.8) is 0 Å². The molecule has 5 heteroatoms. The van der Waals surface area contributed by atoms with Gasteiger partial charge in [0, 0.05) is 32.4 Å². The van der Waals surface area contributed by atoms with Gasteiger partial charge in [0.15, 0.2) is 0 Å². The molecule has 0 heterocycles. The second kappa shape index (κ2) is 9.64. The number of halogens is 1. The largest absolute Gasteiger partial charge is 0.494 e. The van der Waals surface area contributed by atoms with Gasteiger partial charge < -0.3 is 14.5 Å². The van der Waals surface area contributed by atoms with Crippen molar-refractivity contribution in [3.8, 4) is 5.75 Å². The van der Waals surface area contributed by atoms with E-state index < -0.39 is 0 Å². The predicted octanol–water partition coefficient (Wildman–Crippen LogP) is 2.60. The lowest BCUT2D eigenvalue weighted by Gasteiger charge is -2.17. The zero-order valence-corrected chi connectivity index (χ0v) is 13.9. The van der Waals surface area contributed by atoms with Gasteiger partial charge >= 0.3 is 0 Å². The van der Waals surface area contributed by atoms with Crippen molar-refractivity contribution >= 4 is 17.5 Å². The highest BCUT2D eigenvalue weighted by Crippen LogP contribution is 2.14. The van der Waals surface area contributed by atoms with E-state index in [0.29, 0.717) is 25.5 Å². The monoisotopic (exact) mass is 312 g/mol. The summed E-state index contributed by atoms with van der Waals surface area (Å²) in [6.07, 6.45) is 1.38. The summed E-state index contributed by atoms with van der Waals surface area (Å²) in [5.41, 5.74) is 1.08. The first-order valence-corrected chi connectivity index (χ1v) is 7.72. The van der Waals surface area contributed by atoms with Gasteiger partial charge in [0.1, 0.15) is 5.75 Å². The molecule has 0 atom stereocenters. The van der Waals surface area contributed by atoms with Crippen LogP contribution >= 0.6 is 11.6 Å². The lowest BCUT2D eigenvalue weighted by molar-refractivity contribution is -0.129. The van der Waals surface area contributed by atoms with Crippen molar-refractivity contribution in [2.75, 3.05) is 40.2 Å². The van der Waals surface area contributed by atoms with E-state index in [4.69, 9.17) is 16.3 Å². The van der Waals surface area contributed by atoms with Crippen molar-refractivity contribution in [1.29, 1.82) is 0 Å². The summed E-state index contributed by atoms with van der Waals surface area (Å²) in [5.74, 6) is 1.30. The quantitative estimate of drug-likeness (QED) is 0.519.